The molecule has 0 amide bonds. The van der Waals surface area contributed by atoms with Gasteiger partial charge in [0.15, 0.2) is 0 Å². The molecule has 0 aliphatic heterocycles. The topological polar surface area (TPSA) is 23.8 Å². The maximum atomic E-state index is 8.54. The SMILES string of the molecule is Cc1cccc(C=C(I)C#N)c1. The highest BCUT2D eigenvalue weighted by Crippen LogP contribution is 2.12. The van der Waals surface area contributed by atoms with E-state index in [1.54, 1.807) is 0 Å². The second kappa shape index (κ2) is 4.27. The van der Waals surface area contributed by atoms with Crippen molar-refractivity contribution in [2.75, 3.05) is 0 Å². The summed E-state index contributed by atoms with van der Waals surface area (Å²) >= 11 is 2.02. The number of allylic oxidation sites excluding steroid dienone is 1. The quantitative estimate of drug-likeness (QED) is 0.567. The molecular weight excluding hydrogens is 261 g/mol. The first kappa shape index (κ1) is 9.27. The normalized spacial score (nSPS) is 10.9. The highest BCUT2D eigenvalue weighted by Gasteiger charge is 1.90. The van der Waals surface area contributed by atoms with E-state index >= 15 is 0 Å². The predicted molar refractivity (Wildman–Crippen MR) is 58.8 cm³/mol. The van der Waals surface area contributed by atoms with Crippen molar-refractivity contribution in [1.29, 1.82) is 5.26 Å². The number of benzene rings is 1. The Balaban J connectivity index is 2.99. The fraction of sp³-hybridized carbons (Fsp3) is 0.100. The van der Waals surface area contributed by atoms with Crippen LogP contribution < -0.4 is 0 Å². The molecule has 1 aromatic carbocycles. The number of halogens is 1. The average Bonchev–Trinajstić information content (AvgIpc) is 2.04. The second-order valence-corrected chi connectivity index (χ2v) is 3.68. The summed E-state index contributed by atoms with van der Waals surface area (Å²) in [4.78, 5) is 0. The van der Waals surface area contributed by atoms with Crippen molar-refractivity contribution in [2.24, 2.45) is 0 Å². The molecule has 0 aromatic heterocycles. The monoisotopic (exact) mass is 269 g/mol. The van der Waals surface area contributed by atoms with Crippen molar-refractivity contribution in [2.45, 2.75) is 6.92 Å². The smallest absolute Gasteiger partial charge is 0.106 e. The third-order valence-electron chi connectivity index (χ3n) is 1.44. The number of nitrogens with zero attached hydrogens (tertiary/aromatic N) is 1. The third kappa shape index (κ3) is 2.67. The zero-order valence-corrected chi connectivity index (χ0v) is 8.87. The van der Waals surface area contributed by atoms with Crippen LogP contribution in [0.2, 0.25) is 0 Å². The fourth-order valence-corrected chi connectivity index (χ4v) is 1.30. The Morgan fingerprint density at radius 2 is 2.33 bits per heavy atom. The minimum absolute atomic E-state index is 0.707. The lowest BCUT2D eigenvalue weighted by molar-refractivity contribution is 1.46. The molecule has 0 N–H and O–H groups in total. The number of nitriles is 1. The number of hydrogen-bond acceptors (Lipinski definition) is 1. The third-order valence-corrected chi connectivity index (χ3v) is 1.99. The van der Waals surface area contributed by atoms with Crippen LogP contribution in [0.3, 0.4) is 0 Å². The van der Waals surface area contributed by atoms with Crippen molar-refractivity contribution in [3.63, 3.8) is 0 Å². The molecule has 0 atom stereocenters. The average molecular weight is 269 g/mol. The van der Waals surface area contributed by atoms with Crippen LogP contribution in [0, 0.1) is 18.3 Å². The van der Waals surface area contributed by atoms with E-state index in [4.69, 9.17) is 5.26 Å². The number of rotatable bonds is 1. The van der Waals surface area contributed by atoms with Gasteiger partial charge in [-0.2, -0.15) is 5.26 Å². The van der Waals surface area contributed by atoms with Gasteiger partial charge in [-0.1, -0.05) is 29.8 Å². The first-order chi connectivity index (χ1) is 5.72. The molecule has 0 radical (unpaired) electrons. The van der Waals surface area contributed by atoms with Gasteiger partial charge in [-0.25, -0.2) is 0 Å². The van der Waals surface area contributed by atoms with Gasteiger partial charge < -0.3 is 0 Å². The molecule has 60 valence electrons. The van der Waals surface area contributed by atoms with Crippen LogP contribution in [0.5, 0.6) is 0 Å². The lowest BCUT2D eigenvalue weighted by atomic mass is 10.1. The number of aryl methyl sites for hydroxylation is 1. The molecule has 0 saturated heterocycles. The Morgan fingerprint density at radius 3 is 2.92 bits per heavy atom. The molecular formula is C10H8IN. The first-order valence-electron chi connectivity index (χ1n) is 3.56. The van der Waals surface area contributed by atoms with Crippen molar-refractivity contribution >= 4 is 28.7 Å². The van der Waals surface area contributed by atoms with Crippen LogP contribution >= 0.6 is 22.6 Å². The summed E-state index contributed by atoms with van der Waals surface area (Å²) in [7, 11) is 0. The van der Waals surface area contributed by atoms with E-state index in [0.717, 1.165) is 5.56 Å². The van der Waals surface area contributed by atoms with E-state index in [1.807, 2.05) is 53.8 Å². The highest BCUT2D eigenvalue weighted by molar-refractivity contribution is 14.1. The molecule has 0 fully saturated rings. The molecule has 0 spiro atoms. The Hall–Kier alpha value is -0.820. The van der Waals surface area contributed by atoms with Crippen LogP contribution in [0.1, 0.15) is 11.1 Å². The van der Waals surface area contributed by atoms with Crippen LogP contribution in [0.15, 0.2) is 27.8 Å². The molecule has 12 heavy (non-hydrogen) atoms. The second-order valence-electron chi connectivity index (χ2n) is 2.52. The summed E-state index contributed by atoms with van der Waals surface area (Å²) in [5.41, 5.74) is 2.30. The molecule has 1 rings (SSSR count). The lowest BCUT2D eigenvalue weighted by Crippen LogP contribution is -1.74. The van der Waals surface area contributed by atoms with Gasteiger partial charge in [0.1, 0.15) is 6.07 Å². The molecule has 2 heteroatoms. The van der Waals surface area contributed by atoms with E-state index in [-0.39, 0.29) is 0 Å². The molecule has 1 aromatic rings. The van der Waals surface area contributed by atoms with E-state index in [0.29, 0.717) is 3.58 Å². The summed E-state index contributed by atoms with van der Waals surface area (Å²) < 4.78 is 0.707. The largest absolute Gasteiger partial charge is 0.192 e. The minimum atomic E-state index is 0.707. The maximum Gasteiger partial charge on any atom is 0.106 e. The van der Waals surface area contributed by atoms with Crippen LogP contribution in [-0.2, 0) is 0 Å². The van der Waals surface area contributed by atoms with Crippen LogP contribution in [-0.4, -0.2) is 0 Å². The van der Waals surface area contributed by atoms with Gasteiger partial charge in [0, 0.05) is 0 Å². The van der Waals surface area contributed by atoms with Crippen LogP contribution in [0.25, 0.3) is 6.08 Å². The van der Waals surface area contributed by atoms with Gasteiger partial charge in [-0.15, -0.1) is 0 Å². The van der Waals surface area contributed by atoms with Crippen molar-refractivity contribution in [1.82, 2.24) is 0 Å². The molecule has 0 aliphatic carbocycles. The van der Waals surface area contributed by atoms with Crippen LogP contribution in [0.4, 0.5) is 0 Å². The predicted octanol–water partition coefficient (Wildman–Crippen LogP) is 3.29. The van der Waals surface area contributed by atoms with Gasteiger partial charge in [-0.3, -0.25) is 0 Å². The first-order valence-corrected chi connectivity index (χ1v) is 4.64. The summed E-state index contributed by atoms with van der Waals surface area (Å²) in [6.07, 6.45) is 1.87. The summed E-state index contributed by atoms with van der Waals surface area (Å²) in [5, 5.41) is 8.54. The molecule has 0 unspecified atom stereocenters. The zero-order chi connectivity index (χ0) is 8.97. The summed E-state index contributed by atoms with van der Waals surface area (Å²) in [5.74, 6) is 0. The summed E-state index contributed by atoms with van der Waals surface area (Å²) in [6.45, 7) is 2.04. The standard InChI is InChI=1S/C10H8IN/c1-8-3-2-4-9(5-8)6-10(11)7-12/h2-6H,1H3. The Kier molecular flexibility index (Phi) is 3.30. The zero-order valence-electron chi connectivity index (χ0n) is 6.71. The molecule has 0 bridgehead atoms. The maximum absolute atomic E-state index is 8.54. The van der Waals surface area contributed by atoms with Gasteiger partial charge in [0.2, 0.25) is 0 Å². The van der Waals surface area contributed by atoms with E-state index in [2.05, 4.69) is 12.1 Å². The van der Waals surface area contributed by atoms with Gasteiger partial charge in [-0.05, 0) is 41.2 Å². The van der Waals surface area contributed by atoms with Crippen molar-refractivity contribution in [3.05, 3.63) is 39.0 Å². The highest BCUT2D eigenvalue weighted by atomic mass is 127. The summed E-state index contributed by atoms with van der Waals surface area (Å²) in [6, 6.07) is 10.1. The Morgan fingerprint density at radius 1 is 1.58 bits per heavy atom. The van der Waals surface area contributed by atoms with E-state index in [1.165, 1.54) is 5.56 Å². The minimum Gasteiger partial charge on any atom is -0.192 e. The van der Waals surface area contributed by atoms with Gasteiger partial charge >= 0.3 is 0 Å². The van der Waals surface area contributed by atoms with Gasteiger partial charge in [0.25, 0.3) is 0 Å². The van der Waals surface area contributed by atoms with E-state index in [9.17, 15) is 0 Å². The van der Waals surface area contributed by atoms with E-state index < -0.39 is 0 Å². The van der Waals surface area contributed by atoms with Crippen molar-refractivity contribution < 1.29 is 0 Å². The molecule has 0 saturated carbocycles. The molecule has 0 aliphatic rings. The Labute approximate surface area is 85.9 Å². The van der Waals surface area contributed by atoms with Crippen molar-refractivity contribution in [3.8, 4) is 6.07 Å². The van der Waals surface area contributed by atoms with Gasteiger partial charge in [0.05, 0.1) is 3.58 Å². The molecule has 1 nitrogen and oxygen atoms in total. The fourth-order valence-electron chi connectivity index (χ4n) is 0.939. The Bertz CT molecular complexity index is 347. The lowest BCUT2D eigenvalue weighted by Gasteiger charge is -1.94. The number of hydrogen-bond donors (Lipinski definition) is 0. The molecule has 0 heterocycles.